The number of allylic oxidation sites excluding steroid dienone is 1. The van der Waals surface area contributed by atoms with Gasteiger partial charge in [-0.2, -0.15) is 0 Å². The Morgan fingerprint density at radius 1 is 1.13 bits per heavy atom. The molecule has 9 heteroatoms. The smallest absolute Gasteiger partial charge is 0.270 e. The Balaban J connectivity index is 1.63. The highest BCUT2D eigenvalue weighted by Gasteiger charge is 2.41. The van der Waals surface area contributed by atoms with Gasteiger partial charge >= 0.3 is 0 Å². The Labute approximate surface area is 183 Å². The van der Waals surface area contributed by atoms with Crippen LogP contribution < -0.4 is 14.4 Å². The topological polar surface area (TPSA) is 75.7 Å². The van der Waals surface area contributed by atoms with Crippen molar-refractivity contribution in [3.8, 4) is 5.75 Å². The van der Waals surface area contributed by atoms with Crippen LogP contribution in [0.25, 0.3) is 0 Å². The van der Waals surface area contributed by atoms with E-state index in [0.717, 1.165) is 9.87 Å². The molecular formula is C22H19FN2O4S2. The molecule has 1 aliphatic heterocycles. The summed E-state index contributed by atoms with van der Waals surface area (Å²) in [4.78, 5) is 12.9. The molecule has 2 heterocycles. The Kier molecular flexibility index (Phi) is 5.79. The molecule has 160 valence electrons. The molecule has 4 rings (SSSR count). The van der Waals surface area contributed by atoms with Crippen molar-refractivity contribution in [2.24, 2.45) is 0 Å². The Bertz CT molecular complexity index is 1250. The quantitative estimate of drug-likeness (QED) is 0.564. The average Bonchev–Trinajstić information content (AvgIpc) is 3.24. The zero-order valence-electron chi connectivity index (χ0n) is 16.5. The number of halogens is 1. The summed E-state index contributed by atoms with van der Waals surface area (Å²) in [6, 6.07) is 14.6. The van der Waals surface area contributed by atoms with E-state index >= 15 is 0 Å². The van der Waals surface area contributed by atoms with E-state index in [1.807, 2.05) is 12.1 Å². The second-order valence-electron chi connectivity index (χ2n) is 6.84. The first kappa shape index (κ1) is 21.1. The fourth-order valence-corrected chi connectivity index (χ4v) is 5.77. The lowest BCUT2D eigenvalue weighted by Gasteiger charge is -2.29. The third-order valence-electron chi connectivity index (χ3n) is 4.82. The highest BCUT2D eigenvalue weighted by atomic mass is 32.2. The van der Waals surface area contributed by atoms with Gasteiger partial charge in [-0.15, -0.1) is 11.3 Å². The number of ether oxygens (including phenoxy) is 1. The number of carbonyl (C=O) groups is 1. The lowest BCUT2D eigenvalue weighted by molar-refractivity contribution is 0.104. The number of sulfonamides is 1. The number of anilines is 1. The van der Waals surface area contributed by atoms with Crippen molar-refractivity contribution < 1.29 is 22.3 Å². The molecule has 0 aliphatic carbocycles. The van der Waals surface area contributed by atoms with Crippen molar-refractivity contribution >= 4 is 32.8 Å². The fraction of sp³-hybridized carbons (Fsp3) is 0.136. The Hall–Kier alpha value is -3.17. The van der Waals surface area contributed by atoms with Crippen LogP contribution in [0, 0.1) is 5.82 Å². The summed E-state index contributed by atoms with van der Waals surface area (Å²) in [5.41, 5.74) is 1.69. The number of carbonyl (C=O) groups excluding carboxylic acids is 1. The van der Waals surface area contributed by atoms with Crippen LogP contribution >= 0.6 is 11.3 Å². The second kappa shape index (κ2) is 8.52. The molecule has 1 N–H and O–H groups in total. The minimum atomic E-state index is -4.13. The Morgan fingerprint density at radius 3 is 2.61 bits per heavy atom. The van der Waals surface area contributed by atoms with Gasteiger partial charge in [0, 0.05) is 12.7 Å². The number of nitrogens with zero attached hydrogens (tertiary/aromatic N) is 1. The predicted octanol–water partition coefficient (Wildman–Crippen LogP) is 4.06. The normalized spacial score (nSPS) is 16.3. The molecular weight excluding hydrogens is 439 g/mol. The number of hydrogen-bond acceptors (Lipinski definition) is 6. The molecule has 2 aromatic carbocycles. The van der Waals surface area contributed by atoms with Gasteiger partial charge in [0.1, 0.15) is 16.4 Å². The molecule has 0 amide bonds. The molecule has 0 bridgehead atoms. The van der Waals surface area contributed by atoms with Gasteiger partial charge in [0.05, 0.1) is 19.3 Å². The molecule has 0 radical (unpaired) electrons. The van der Waals surface area contributed by atoms with Crippen LogP contribution in [0.4, 0.5) is 10.1 Å². The first-order valence-corrected chi connectivity index (χ1v) is 11.7. The number of ketones is 1. The number of Topliss-reactive ketones (excluding diaryl/α,β-unsaturated/α-hetero) is 1. The summed E-state index contributed by atoms with van der Waals surface area (Å²) in [5.74, 6) is -0.293. The average molecular weight is 459 g/mol. The van der Waals surface area contributed by atoms with E-state index in [9.17, 15) is 17.6 Å². The maximum Gasteiger partial charge on any atom is 0.270 e. The first-order chi connectivity index (χ1) is 14.9. The fourth-order valence-electron chi connectivity index (χ4n) is 3.26. The van der Waals surface area contributed by atoms with Crippen LogP contribution in [-0.4, -0.2) is 21.3 Å². The predicted molar refractivity (Wildman–Crippen MR) is 118 cm³/mol. The molecule has 31 heavy (non-hydrogen) atoms. The molecule has 0 saturated carbocycles. The highest BCUT2D eigenvalue weighted by Crippen LogP contribution is 2.39. The molecule has 0 saturated heterocycles. The summed E-state index contributed by atoms with van der Waals surface area (Å²) >= 11 is 1.18. The monoisotopic (exact) mass is 458 g/mol. The van der Waals surface area contributed by atoms with Gasteiger partial charge in [-0.1, -0.05) is 24.3 Å². The number of hydrogen-bond donors (Lipinski definition) is 1. The summed E-state index contributed by atoms with van der Waals surface area (Å²) in [6.07, 6.45) is 1.24. The van der Waals surface area contributed by atoms with Crippen molar-refractivity contribution in [3.05, 3.63) is 92.9 Å². The van der Waals surface area contributed by atoms with Gasteiger partial charge in [0.2, 0.25) is 5.78 Å². The zero-order chi connectivity index (χ0) is 22.0. The van der Waals surface area contributed by atoms with Crippen LogP contribution in [0.2, 0.25) is 0 Å². The van der Waals surface area contributed by atoms with Crippen LogP contribution in [0.3, 0.4) is 0 Å². The molecule has 0 atom stereocenters. The first-order valence-electron chi connectivity index (χ1n) is 9.36. The molecule has 0 unspecified atom stereocenters. The van der Waals surface area contributed by atoms with Crippen molar-refractivity contribution in [1.82, 2.24) is 5.32 Å². The van der Waals surface area contributed by atoms with Gasteiger partial charge in [-0.3, -0.25) is 9.10 Å². The van der Waals surface area contributed by atoms with Crippen LogP contribution in [-0.2, 0) is 23.1 Å². The van der Waals surface area contributed by atoms with Crippen molar-refractivity contribution in [2.75, 3.05) is 11.4 Å². The summed E-state index contributed by atoms with van der Waals surface area (Å²) in [7, 11) is -2.55. The lowest BCUT2D eigenvalue weighted by atomic mass is 10.2. The van der Waals surface area contributed by atoms with Gasteiger partial charge < -0.3 is 10.1 Å². The van der Waals surface area contributed by atoms with E-state index in [2.05, 4.69) is 5.32 Å². The minimum Gasteiger partial charge on any atom is -0.497 e. The third-order valence-corrected chi connectivity index (χ3v) is 7.49. The van der Waals surface area contributed by atoms with Crippen molar-refractivity contribution in [3.63, 3.8) is 0 Å². The molecule has 6 nitrogen and oxygen atoms in total. The largest absolute Gasteiger partial charge is 0.497 e. The van der Waals surface area contributed by atoms with E-state index in [0.29, 0.717) is 28.4 Å². The minimum absolute atomic E-state index is 0.0765. The lowest BCUT2D eigenvalue weighted by Crippen LogP contribution is -2.38. The summed E-state index contributed by atoms with van der Waals surface area (Å²) in [6.45, 7) is 0.254. The molecule has 3 aromatic rings. The molecule has 1 aromatic heterocycles. The van der Waals surface area contributed by atoms with Gasteiger partial charge in [0.25, 0.3) is 10.0 Å². The van der Waals surface area contributed by atoms with E-state index in [-0.39, 0.29) is 11.4 Å². The van der Waals surface area contributed by atoms with Gasteiger partial charge in [-0.05, 0) is 46.8 Å². The molecule has 0 fully saturated rings. The van der Waals surface area contributed by atoms with Gasteiger partial charge in [0.15, 0.2) is 4.91 Å². The molecule has 0 spiro atoms. The van der Waals surface area contributed by atoms with Crippen molar-refractivity contribution in [1.29, 1.82) is 0 Å². The summed E-state index contributed by atoms with van der Waals surface area (Å²) in [5, 5.41) is 4.60. The number of nitrogens with one attached hydrogen (secondary N) is 1. The van der Waals surface area contributed by atoms with Crippen LogP contribution in [0.5, 0.6) is 5.75 Å². The highest BCUT2D eigenvalue weighted by molar-refractivity contribution is 7.97. The van der Waals surface area contributed by atoms with E-state index < -0.39 is 21.6 Å². The summed E-state index contributed by atoms with van der Waals surface area (Å²) < 4.78 is 46.5. The van der Waals surface area contributed by atoms with Crippen LogP contribution in [0.1, 0.15) is 20.8 Å². The maximum absolute atomic E-state index is 13.6. The number of rotatable bonds is 6. The van der Waals surface area contributed by atoms with Crippen molar-refractivity contribution in [2.45, 2.75) is 13.1 Å². The second-order valence-corrected chi connectivity index (χ2v) is 9.59. The number of benzene rings is 2. The van der Waals surface area contributed by atoms with Crippen LogP contribution in [0.15, 0.2) is 71.1 Å². The number of fused-ring (bicyclic) bond motifs is 1. The SMILES string of the molecule is COc1ccc(CN/C=C2/C(=O)c3sccc3N(Cc3cccc(F)c3)S2(=O)=O)cc1. The number of methoxy groups -OCH3 is 1. The molecule has 1 aliphatic rings. The van der Waals surface area contributed by atoms with E-state index in [1.54, 1.807) is 36.8 Å². The Morgan fingerprint density at radius 2 is 1.90 bits per heavy atom. The van der Waals surface area contributed by atoms with E-state index in [1.165, 1.54) is 35.7 Å². The number of thiophene rings is 1. The standard InChI is InChI=1S/C22H19FN2O4S2/c1-29-18-7-5-15(6-8-18)12-24-13-20-21(26)22-19(9-10-30-22)25(31(20,27)28)14-16-3-2-4-17(23)11-16/h2-11,13,24H,12,14H2,1H3/b20-13-. The maximum atomic E-state index is 13.6. The van der Waals surface area contributed by atoms with E-state index in [4.69, 9.17) is 4.74 Å². The third kappa shape index (κ3) is 4.19. The zero-order valence-corrected chi connectivity index (χ0v) is 18.2. The van der Waals surface area contributed by atoms with Gasteiger partial charge in [-0.25, -0.2) is 12.8 Å².